The summed E-state index contributed by atoms with van der Waals surface area (Å²) in [5.41, 5.74) is 2.90. The number of rotatable bonds is 14. The highest BCUT2D eigenvalue weighted by molar-refractivity contribution is 5.91. The van der Waals surface area contributed by atoms with E-state index in [4.69, 9.17) is 4.94 Å². The molecular formula is C18H37N2O2+. The number of nitrogens with one attached hydrogen (secondary N) is 1. The summed E-state index contributed by atoms with van der Waals surface area (Å²) in [6, 6.07) is 0. The molecule has 0 aromatic heterocycles. The Balaban J connectivity index is 3.48. The average molecular weight is 314 g/mol. The van der Waals surface area contributed by atoms with Gasteiger partial charge in [-0.3, -0.25) is 4.79 Å². The van der Waals surface area contributed by atoms with Gasteiger partial charge in [0.2, 0.25) is 0 Å². The Hall–Kier alpha value is -0.870. The minimum atomic E-state index is -0.255. The Morgan fingerprint density at radius 2 is 1.41 bits per heavy atom. The van der Waals surface area contributed by atoms with Gasteiger partial charge in [0.1, 0.15) is 20.6 Å². The molecule has 0 unspecified atom stereocenters. The number of hydrogen-bond donors (Lipinski definition) is 1. The van der Waals surface area contributed by atoms with Crippen LogP contribution >= 0.6 is 0 Å². The third kappa shape index (κ3) is 12.8. The predicted molar refractivity (Wildman–Crippen MR) is 92.9 cm³/mol. The molecule has 0 aromatic carbocycles. The first-order valence-electron chi connectivity index (χ1n) is 8.86. The van der Waals surface area contributed by atoms with Crippen molar-refractivity contribution in [2.45, 2.75) is 78.1 Å². The van der Waals surface area contributed by atoms with Gasteiger partial charge in [-0.05, 0) is 19.8 Å². The largest absolute Gasteiger partial charge is 0.274 e. The minimum Gasteiger partial charge on any atom is -0.267 e. The third-order valence-electron chi connectivity index (χ3n) is 3.82. The minimum absolute atomic E-state index is 0.255. The van der Waals surface area contributed by atoms with E-state index in [1.165, 1.54) is 57.8 Å². The number of hydroxylamine groups is 4. The first kappa shape index (κ1) is 21.1. The van der Waals surface area contributed by atoms with Crippen molar-refractivity contribution in [3.63, 3.8) is 0 Å². The summed E-state index contributed by atoms with van der Waals surface area (Å²) in [6.45, 7) is 8.41. The highest BCUT2D eigenvalue weighted by Gasteiger charge is 2.18. The lowest BCUT2D eigenvalue weighted by Crippen LogP contribution is -2.46. The molecule has 1 N–H and O–H groups in total. The van der Waals surface area contributed by atoms with Crippen molar-refractivity contribution in [1.82, 2.24) is 5.48 Å². The van der Waals surface area contributed by atoms with Gasteiger partial charge in [0.15, 0.2) is 0 Å². The van der Waals surface area contributed by atoms with E-state index in [9.17, 15) is 4.79 Å². The molecule has 0 atom stereocenters. The molecule has 0 aromatic rings. The fraction of sp³-hybridized carbons (Fsp3) is 0.833. The maximum atomic E-state index is 11.4. The van der Waals surface area contributed by atoms with E-state index < -0.39 is 0 Å². The SMILES string of the molecule is C=C(C)C(=O)NO[N+](C)(C)CCCCCCCCCCCC. The zero-order valence-corrected chi connectivity index (χ0v) is 15.2. The van der Waals surface area contributed by atoms with Crippen LogP contribution in [-0.2, 0) is 9.73 Å². The fourth-order valence-corrected chi connectivity index (χ4v) is 2.28. The van der Waals surface area contributed by atoms with Crippen molar-refractivity contribution in [1.29, 1.82) is 0 Å². The Labute approximate surface area is 137 Å². The quantitative estimate of drug-likeness (QED) is 0.221. The van der Waals surface area contributed by atoms with E-state index in [0.717, 1.165) is 13.0 Å². The number of nitrogens with zero attached hydrogens (tertiary/aromatic N) is 1. The molecular weight excluding hydrogens is 276 g/mol. The van der Waals surface area contributed by atoms with Crippen molar-refractivity contribution in [2.24, 2.45) is 0 Å². The molecule has 0 heterocycles. The Morgan fingerprint density at radius 3 is 1.86 bits per heavy atom. The molecule has 0 bridgehead atoms. The van der Waals surface area contributed by atoms with Gasteiger partial charge in [-0.15, -0.1) is 0 Å². The summed E-state index contributed by atoms with van der Waals surface area (Å²) >= 11 is 0. The molecule has 1 amide bonds. The molecule has 0 rings (SSSR count). The second-order valence-electron chi connectivity index (χ2n) is 6.78. The monoisotopic (exact) mass is 313 g/mol. The fourth-order valence-electron chi connectivity index (χ4n) is 2.28. The van der Waals surface area contributed by atoms with Crippen LogP contribution < -0.4 is 5.48 Å². The number of unbranched alkanes of at least 4 members (excludes halogenated alkanes) is 9. The summed E-state index contributed by atoms with van der Waals surface area (Å²) in [7, 11) is 3.90. The van der Waals surface area contributed by atoms with Crippen molar-refractivity contribution >= 4 is 5.91 Å². The zero-order valence-electron chi connectivity index (χ0n) is 15.2. The molecule has 0 aliphatic rings. The Kier molecular flexibility index (Phi) is 12.2. The second kappa shape index (κ2) is 12.7. The number of quaternary nitrogens is 1. The van der Waals surface area contributed by atoms with Gasteiger partial charge >= 0.3 is 0 Å². The lowest BCUT2D eigenvalue weighted by molar-refractivity contribution is -1.08. The molecule has 4 nitrogen and oxygen atoms in total. The molecule has 0 fully saturated rings. The maximum absolute atomic E-state index is 11.4. The lowest BCUT2D eigenvalue weighted by atomic mass is 10.1. The second-order valence-corrected chi connectivity index (χ2v) is 6.78. The third-order valence-corrected chi connectivity index (χ3v) is 3.82. The van der Waals surface area contributed by atoms with Crippen LogP contribution in [0.25, 0.3) is 0 Å². The van der Waals surface area contributed by atoms with Crippen LogP contribution in [0.1, 0.15) is 78.1 Å². The van der Waals surface area contributed by atoms with Crippen LogP contribution in [0.15, 0.2) is 12.2 Å². The van der Waals surface area contributed by atoms with Gasteiger partial charge < -0.3 is 0 Å². The topological polar surface area (TPSA) is 38.3 Å². The van der Waals surface area contributed by atoms with E-state index in [0.29, 0.717) is 10.2 Å². The summed E-state index contributed by atoms with van der Waals surface area (Å²) < 4.78 is 0.343. The van der Waals surface area contributed by atoms with Gasteiger partial charge in [0, 0.05) is 5.57 Å². The van der Waals surface area contributed by atoms with E-state index in [1.54, 1.807) is 6.92 Å². The van der Waals surface area contributed by atoms with Gasteiger partial charge in [-0.25, -0.2) is 0 Å². The van der Waals surface area contributed by atoms with Gasteiger partial charge in [-0.2, -0.15) is 10.1 Å². The smallest absolute Gasteiger partial charge is 0.267 e. The molecule has 0 aliphatic heterocycles. The highest BCUT2D eigenvalue weighted by atomic mass is 16.8. The van der Waals surface area contributed by atoms with E-state index in [1.807, 2.05) is 14.1 Å². The van der Waals surface area contributed by atoms with E-state index in [-0.39, 0.29) is 5.91 Å². The zero-order chi connectivity index (χ0) is 16.8. The molecule has 130 valence electrons. The molecule has 0 saturated heterocycles. The summed E-state index contributed by atoms with van der Waals surface area (Å²) in [5.74, 6) is -0.255. The molecule has 22 heavy (non-hydrogen) atoms. The van der Waals surface area contributed by atoms with Crippen LogP contribution in [-0.4, -0.2) is 31.2 Å². The molecule has 0 radical (unpaired) electrons. The van der Waals surface area contributed by atoms with Crippen molar-refractivity contribution < 1.29 is 14.4 Å². The lowest BCUT2D eigenvalue weighted by Gasteiger charge is -2.25. The van der Waals surface area contributed by atoms with Gasteiger partial charge in [0.05, 0.1) is 0 Å². The average Bonchev–Trinajstić information content (AvgIpc) is 2.46. The van der Waals surface area contributed by atoms with Crippen LogP contribution in [0.2, 0.25) is 0 Å². The Bertz CT molecular complexity index is 314. The normalized spacial score (nSPS) is 11.5. The van der Waals surface area contributed by atoms with Crippen LogP contribution in [0.5, 0.6) is 0 Å². The first-order chi connectivity index (χ1) is 10.4. The molecule has 0 spiro atoms. The van der Waals surface area contributed by atoms with Gasteiger partial charge in [-0.1, -0.05) is 69.8 Å². The molecule has 0 saturated carbocycles. The predicted octanol–water partition coefficient (Wildman–Crippen LogP) is 4.52. The molecule has 0 aliphatic carbocycles. The number of amides is 1. The maximum Gasteiger partial charge on any atom is 0.274 e. The molecule has 4 heteroatoms. The Morgan fingerprint density at radius 1 is 0.955 bits per heavy atom. The highest BCUT2D eigenvalue weighted by Crippen LogP contribution is 2.11. The van der Waals surface area contributed by atoms with Crippen molar-refractivity contribution in [3.05, 3.63) is 12.2 Å². The van der Waals surface area contributed by atoms with Crippen LogP contribution in [0.4, 0.5) is 0 Å². The van der Waals surface area contributed by atoms with E-state index in [2.05, 4.69) is 19.0 Å². The summed E-state index contributed by atoms with van der Waals surface area (Å²) in [5, 5.41) is 0. The summed E-state index contributed by atoms with van der Waals surface area (Å²) in [6.07, 6.45) is 13.2. The number of hydrogen-bond acceptors (Lipinski definition) is 2. The van der Waals surface area contributed by atoms with Crippen molar-refractivity contribution in [2.75, 3.05) is 20.6 Å². The van der Waals surface area contributed by atoms with Crippen LogP contribution in [0.3, 0.4) is 0 Å². The summed E-state index contributed by atoms with van der Waals surface area (Å²) in [4.78, 5) is 16.8. The standard InChI is InChI=1S/C18H36N2O2/c1-6-7-8-9-10-11-12-13-14-15-16-20(4,5)22-19-18(21)17(2)3/h2,6-16H2,1,3-5H3/p+1. The number of carbonyl (C=O) groups is 1. The first-order valence-corrected chi connectivity index (χ1v) is 8.86. The number of carbonyl (C=O) groups excluding carboxylic acids is 1. The van der Waals surface area contributed by atoms with E-state index >= 15 is 0 Å². The van der Waals surface area contributed by atoms with Gasteiger partial charge in [0.25, 0.3) is 5.91 Å². The van der Waals surface area contributed by atoms with Crippen molar-refractivity contribution in [3.8, 4) is 0 Å². The van der Waals surface area contributed by atoms with Crippen LogP contribution in [0, 0.1) is 0 Å².